The molecular weight excluding hydrogens is 452 g/mol. The Morgan fingerprint density at radius 2 is 1.60 bits per heavy atom. The number of methoxy groups -OCH3 is 1. The predicted molar refractivity (Wildman–Crippen MR) is 145 cm³/mol. The summed E-state index contributed by atoms with van der Waals surface area (Å²) in [5.41, 5.74) is 2.50. The first-order chi connectivity index (χ1) is 17.0. The Balaban J connectivity index is 2.10. The number of carbonyl (C=O) groups excluding carboxylic acids is 1. The molecule has 0 radical (unpaired) electrons. The summed E-state index contributed by atoms with van der Waals surface area (Å²) in [6.45, 7) is 6.71. The Hall–Kier alpha value is -2.73. The Morgan fingerprint density at radius 1 is 0.971 bits per heavy atom. The van der Waals surface area contributed by atoms with Crippen LogP contribution in [0.4, 0.5) is 0 Å². The fourth-order valence-corrected chi connectivity index (χ4v) is 8.89. The Morgan fingerprint density at radius 3 is 2.14 bits per heavy atom. The summed E-state index contributed by atoms with van der Waals surface area (Å²) in [6, 6.07) is 21.4. The molecule has 5 heteroatoms. The first-order valence-corrected chi connectivity index (χ1v) is 14.3. The normalized spacial score (nSPS) is 18.1. The van der Waals surface area contributed by atoms with E-state index in [1.165, 1.54) is 33.6 Å². The number of benzene rings is 2. The molecule has 1 aliphatic rings. The lowest BCUT2D eigenvalue weighted by Gasteiger charge is -2.42. The molecule has 0 aliphatic carbocycles. The van der Waals surface area contributed by atoms with Crippen molar-refractivity contribution < 1.29 is 18.7 Å². The van der Waals surface area contributed by atoms with E-state index < -0.39 is 8.32 Å². The van der Waals surface area contributed by atoms with Crippen LogP contribution in [0.2, 0.25) is 0 Å². The van der Waals surface area contributed by atoms with Crippen molar-refractivity contribution in [1.82, 2.24) is 0 Å². The van der Waals surface area contributed by atoms with Crippen LogP contribution in [-0.2, 0) is 18.7 Å². The van der Waals surface area contributed by atoms with Crippen LogP contribution < -0.4 is 10.4 Å². The molecule has 0 saturated carbocycles. The van der Waals surface area contributed by atoms with Crippen molar-refractivity contribution in [2.75, 3.05) is 20.3 Å². The zero-order valence-corrected chi connectivity index (χ0v) is 22.5. The van der Waals surface area contributed by atoms with E-state index in [0.717, 1.165) is 25.7 Å². The Kier molecular flexibility index (Phi) is 10.3. The largest absolute Gasteiger partial charge is 0.466 e. The average Bonchev–Trinajstić information content (AvgIpc) is 2.86. The summed E-state index contributed by atoms with van der Waals surface area (Å²) >= 11 is 0. The van der Waals surface area contributed by atoms with E-state index in [1.807, 2.05) is 0 Å². The minimum absolute atomic E-state index is 0.0248. The minimum atomic E-state index is -2.79. The SMILES string of the molecule is COCC1=CC(CC=C(C)C)O[Si](c2ccccc2)(c2ccccc2)/C1=C/CCCCOC(C)=O. The summed E-state index contributed by atoms with van der Waals surface area (Å²) in [7, 11) is -1.03. The smallest absolute Gasteiger partial charge is 0.302 e. The summed E-state index contributed by atoms with van der Waals surface area (Å²) < 4.78 is 18.0. The first kappa shape index (κ1) is 26.9. The molecule has 0 amide bonds. The van der Waals surface area contributed by atoms with Crippen molar-refractivity contribution in [3.63, 3.8) is 0 Å². The van der Waals surface area contributed by atoms with Crippen LogP contribution in [-0.4, -0.2) is 40.7 Å². The van der Waals surface area contributed by atoms with E-state index in [-0.39, 0.29) is 12.1 Å². The quantitative estimate of drug-likeness (QED) is 0.186. The lowest BCUT2D eigenvalue weighted by atomic mass is 10.1. The second-order valence-electron chi connectivity index (χ2n) is 9.17. The van der Waals surface area contributed by atoms with Gasteiger partial charge in [0.1, 0.15) is 0 Å². The van der Waals surface area contributed by atoms with Gasteiger partial charge in [0, 0.05) is 14.0 Å². The lowest BCUT2D eigenvalue weighted by Crippen LogP contribution is -2.65. The predicted octanol–water partition coefficient (Wildman–Crippen LogP) is 5.27. The number of carbonyl (C=O) groups is 1. The number of rotatable bonds is 11. The van der Waals surface area contributed by atoms with Crippen LogP contribution in [0.15, 0.2) is 95.2 Å². The number of esters is 1. The maximum Gasteiger partial charge on any atom is 0.302 e. The van der Waals surface area contributed by atoms with Crippen LogP contribution in [0, 0.1) is 0 Å². The molecule has 4 nitrogen and oxygen atoms in total. The van der Waals surface area contributed by atoms with E-state index in [9.17, 15) is 4.79 Å². The van der Waals surface area contributed by atoms with E-state index in [4.69, 9.17) is 13.9 Å². The van der Waals surface area contributed by atoms with Crippen molar-refractivity contribution in [3.8, 4) is 0 Å². The number of unbranched alkanes of at least 4 members (excludes halogenated alkanes) is 2. The van der Waals surface area contributed by atoms with Crippen molar-refractivity contribution in [3.05, 3.63) is 95.2 Å². The van der Waals surface area contributed by atoms with Gasteiger partial charge in [-0.1, -0.05) is 84.5 Å². The highest BCUT2D eigenvalue weighted by Gasteiger charge is 2.48. The molecule has 186 valence electrons. The fraction of sp³-hybridized carbons (Fsp3) is 0.367. The second-order valence-corrected chi connectivity index (χ2v) is 12.5. The van der Waals surface area contributed by atoms with Gasteiger partial charge in [0.15, 0.2) is 0 Å². The standard InChI is InChI=1S/C30H38O4Si/c1-24(2)19-20-27-22-26(23-32-4)30(18-12-7-13-21-33-25(3)31)35(34-27,28-14-8-5-9-15-28)29-16-10-6-11-17-29/h5-6,8-11,14-19,22,27H,7,12-13,20-21,23H2,1-4H3/b30-18+. The third-order valence-corrected chi connectivity index (χ3v) is 10.3. The molecule has 0 bridgehead atoms. The highest BCUT2D eigenvalue weighted by Crippen LogP contribution is 2.33. The molecule has 2 aromatic carbocycles. The molecule has 0 N–H and O–H groups in total. The molecular formula is C30H38O4Si. The van der Waals surface area contributed by atoms with E-state index in [1.54, 1.807) is 7.11 Å². The third kappa shape index (κ3) is 7.13. The number of hydrogen-bond donors (Lipinski definition) is 0. The van der Waals surface area contributed by atoms with Gasteiger partial charge in [0.25, 0.3) is 8.32 Å². The topological polar surface area (TPSA) is 44.8 Å². The Labute approximate surface area is 211 Å². The van der Waals surface area contributed by atoms with Crippen LogP contribution in [0.1, 0.15) is 46.5 Å². The zero-order chi connectivity index (χ0) is 25.1. The van der Waals surface area contributed by atoms with Crippen LogP contribution in [0.25, 0.3) is 0 Å². The second kappa shape index (κ2) is 13.4. The van der Waals surface area contributed by atoms with Gasteiger partial charge in [-0.15, -0.1) is 0 Å². The number of ether oxygens (including phenoxy) is 2. The lowest BCUT2D eigenvalue weighted by molar-refractivity contribution is -0.141. The maximum absolute atomic E-state index is 11.1. The van der Waals surface area contributed by atoms with E-state index in [2.05, 4.69) is 92.7 Å². The van der Waals surface area contributed by atoms with Gasteiger partial charge in [-0.2, -0.15) is 0 Å². The van der Waals surface area contributed by atoms with Gasteiger partial charge in [0.05, 0.1) is 19.3 Å². The molecule has 1 aliphatic heterocycles. The average molecular weight is 491 g/mol. The molecule has 1 heterocycles. The monoisotopic (exact) mass is 490 g/mol. The summed E-state index contributed by atoms with van der Waals surface area (Å²) in [5, 5.41) is 3.74. The summed E-state index contributed by atoms with van der Waals surface area (Å²) in [6.07, 6.45) is 10.3. The van der Waals surface area contributed by atoms with Crippen LogP contribution in [0.3, 0.4) is 0 Å². The van der Waals surface area contributed by atoms with Crippen molar-refractivity contribution in [2.24, 2.45) is 0 Å². The molecule has 0 aromatic heterocycles. The van der Waals surface area contributed by atoms with Gasteiger partial charge < -0.3 is 13.9 Å². The number of hydrogen-bond acceptors (Lipinski definition) is 4. The van der Waals surface area contributed by atoms with Crippen LogP contribution >= 0.6 is 0 Å². The van der Waals surface area contributed by atoms with E-state index >= 15 is 0 Å². The minimum Gasteiger partial charge on any atom is -0.466 e. The molecule has 0 saturated heterocycles. The van der Waals surface area contributed by atoms with Crippen molar-refractivity contribution in [2.45, 2.75) is 52.6 Å². The van der Waals surface area contributed by atoms with Crippen molar-refractivity contribution >= 4 is 24.7 Å². The third-order valence-electron chi connectivity index (χ3n) is 6.11. The Bertz CT molecular complexity index is 997. The van der Waals surface area contributed by atoms with Crippen molar-refractivity contribution in [1.29, 1.82) is 0 Å². The van der Waals surface area contributed by atoms with Gasteiger partial charge in [-0.3, -0.25) is 4.79 Å². The van der Waals surface area contributed by atoms with Crippen LogP contribution in [0.5, 0.6) is 0 Å². The molecule has 1 atom stereocenters. The van der Waals surface area contributed by atoms with E-state index in [0.29, 0.717) is 13.2 Å². The number of allylic oxidation sites excluding steroid dienone is 2. The molecule has 3 rings (SSSR count). The van der Waals surface area contributed by atoms with Gasteiger partial charge in [0.2, 0.25) is 0 Å². The maximum atomic E-state index is 11.1. The zero-order valence-electron chi connectivity index (χ0n) is 21.5. The molecule has 1 unspecified atom stereocenters. The molecule has 0 fully saturated rings. The fourth-order valence-electron chi connectivity index (χ4n) is 4.56. The van der Waals surface area contributed by atoms with Gasteiger partial charge in [-0.05, 0) is 60.7 Å². The first-order valence-electron chi connectivity index (χ1n) is 12.4. The molecule has 2 aromatic rings. The van der Waals surface area contributed by atoms with Gasteiger partial charge in [-0.25, -0.2) is 0 Å². The highest BCUT2D eigenvalue weighted by molar-refractivity contribution is 7.03. The summed E-state index contributed by atoms with van der Waals surface area (Å²) in [4.78, 5) is 11.1. The highest BCUT2D eigenvalue weighted by atomic mass is 28.4. The summed E-state index contributed by atoms with van der Waals surface area (Å²) in [5.74, 6) is -0.226. The molecule has 0 spiro atoms. The van der Waals surface area contributed by atoms with Gasteiger partial charge >= 0.3 is 5.97 Å². The molecule has 35 heavy (non-hydrogen) atoms.